The Labute approximate surface area is 150 Å². The number of nitrogens with zero attached hydrogens (tertiary/aromatic N) is 4. The molecule has 0 aromatic carbocycles. The maximum absolute atomic E-state index is 4.28. The predicted octanol–water partition coefficient (Wildman–Crippen LogP) is 5.59. The summed E-state index contributed by atoms with van der Waals surface area (Å²) in [5.41, 5.74) is 0. The van der Waals surface area contributed by atoms with Crippen molar-refractivity contribution in [1.29, 1.82) is 0 Å². The summed E-state index contributed by atoms with van der Waals surface area (Å²) < 4.78 is 0. The Morgan fingerprint density at radius 3 is 0.524 bits per heavy atom. The molecule has 0 atom stereocenters. The second kappa shape index (κ2) is 28.7. The molecule has 0 saturated carbocycles. The normalized spacial score (nSPS) is 9.14. The van der Waals surface area contributed by atoms with Crippen molar-refractivity contribution in [3.05, 3.63) is 21.3 Å². The monoisotopic (exact) mass is 472 g/mol. The van der Waals surface area contributed by atoms with Crippen LogP contribution in [0.5, 0.6) is 0 Å². The van der Waals surface area contributed by atoms with Gasteiger partial charge in [0.15, 0.2) is 0 Å². The van der Waals surface area contributed by atoms with Gasteiger partial charge >= 0.3 is 0 Å². The van der Waals surface area contributed by atoms with Gasteiger partial charge < -0.3 is 21.3 Å². The molecule has 0 aromatic heterocycles. The first-order chi connectivity index (χ1) is 9.08. The summed E-state index contributed by atoms with van der Waals surface area (Å²) in [4.78, 5) is 0. The summed E-state index contributed by atoms with van der Waals surface area (Å²) in [6.07, 6.45) is 0. The van der Waals surface area contributed by atoms with E-state index in [1.54, 1.807) is 28.2 Å². The van der Waals surface area contributed by atoms with Gasteiger partial charge in [-0.1, -0.05) is 55.4 Å². The van der Waals surface area contributed by atoms with Gasteiger partial charge in [0.2, 0.25) is 0 Å². The van der Waals surface area contributed by atoms with Gasteiger partial charge in [-0.3, -0.25) is 0 Å². The smallest absolute Gasteiger partial charge is 0 e. The van der Waals surface area contributed by atoms with E-state index in [0.717, 1.165) is 0 Å². The second-order valence-corrected chi connectivity index (χ2v) is 5.57. The summed E-state index contributed by atoms with van der Waals surface area (Å²) in [6, 6.07) is 2.00. The average Bonchev–Trinajstić information content (AvgIpc) is 2.15. The third-order valence-corrected chi connectivity index (χ3v) is 1.19. The van der Waals surface area contributed by atoms with Crippen LogP contribution in [0.4, 0.5) is 0 Å². The zero-order valence-electron chi connectivity index (χ0n) is 16.5. The minimum absolute atomic E-state index is 0. The van der Waals surface area contributed by atoms with Gasteiger partial charge in [0.05, 0.1) is 0 Å². The molecule has 0 heterocycles. The molecule has 0 N–H and O–H groups in total. The summed E-state index contributed by atoms with van der Waals surface area (Å²) >= 11 is 0. The quantitative estimate of drug-likeness (QED) is 0.512. The molecule has 0 bridgehead atoms. The third kappa shape index (κ3) is 96.9. The first kappa shape index (κ1) is 33.2. The summed E-state index contributed by atoms with van der Waals surface area (Å²) in [6.45, 7) is 16.8. The topological polar surface area (TPSA) is 56.4 Å². The molecule has 4 nitrogen and oxygen atoms in total. The van der Waals surface area contributed by atoms with Crippen LogP contribution in [-0.4, -0.2) is 52.4 Å². The summed E-state index contributed by atoms with van der Waals surface area (Å²) in [5.74, 6) is 0. The van der Waals surface area contributed by atoms with E-state index < -0.39 is 0 Å². The fourth-order valence-corrected chi connectivity index (χ4v) is 1.19. The average molecular weight is 472 g/mol. The van der Waals surface area contributed by atoms with E-state index in [9.17, 15) is 0 Å². The summed E-state index contributed by atoms with van der Waals surface area (Å²) in [5, 5.41) is 15.6. The van der Waals surface area contributed by atoms with Gasteiger partial charge in [-0.2, -0.15) is 28.2 Å². The molecule has 0 aliphatic rings. The Morgan fingerprint density at radius 2 is 0.524 bits per heavy atom. The van der Waals surface area contributed by atoms with Gasteiger partial charge in [0.1, 0.15) is 0 Å². The fourth-order valence-electron chi connectivity index (χ4n) is 1.19. The Morgan fingerprint density at radius 1 is 0.429 bits per heavy atom. The van der Waals surface area contributed by atoms with E-state index >= 15 is 0 Å². The molecule has 0 aliphatic carbocycles. The number of hydrogen-bond acceptors (Lipinski definition) is 0. The molecular formula is C16H40N4W-4. The van der Waals surface area contributed by atoms with Crippen molar-refractivity contribution in [3.63, 3.8) is 0 Å². The van der Waals surface area contributed by atoms with Gasteiger partial charge in [-0.25, -0.2) is 0 Å². The van der Waals surface area contributed by atoms with Crippen LogP contribution < -0.4 is 0 Å². The van der Waals surface area contributed by atoms with Crippen LogP contribution in [0.1, 0.15) is 55.4 Å². The van der Waals surface area contributed by atoms with Gasteiger partial charge in [-0.15, -0.1) is 24.2 Å². The minimum Gasteiger partial charge on any atom is -0.668 e. The maximum atomic E-state index is 4.28. The Bertz CT molecular complexity index is 112. The van der Waals surface area contributed by atoms with Crippen molar-refractivity contribution in [2.24, 2.45) is 0 Å². The van der Waals surface area contributed by atoms with Crippen LogP contribution in [0.3, 0.4) is 0 Å². The largest absolute Gasteiger partial charge is 0.668 e. The number of hydrogen-bond donors (Lipinski definition) is 0. The Hall–Kier alpha value is 0.528. The van der Waals surface area contributed by atoms with E-state index in [0.29, 0.717) is 24.2 Å². The van der Waals surface area contributed by atoms with Crippen LogP contribution in [-0.2, 0) is 21.1 Å². The van der Waals surface area contributed by atoms with E-state index in [2.05, 4.69) is 76.7 Å². The van der Waals surface area contributed by atoms with Crippen LogP contribution in [0.2, 0.25) is 0 Å². The van der Waals surface area contributed by atoms with Gasteiger partial charge in [-0.05, 0) is 0 Å². The fraction of sp³-hybridized carbons (Fsp3) is 1.00. The van der Waals surface area contributed by atoms with Crippen LogP contribution >= 0.6 is 0 Å². The molecular weight excluding hydrogens is 432 g/mol. The van der Waals surface area contributed by atoms with Crippen molar-refractivity contribution in [2.45, 2.75) is 79.6 Å². The van der Waals surface area contributed by atoms with Crippen molar-refractivity contribution in [1.82, 2.24) is 0 Å². The molecule has 0 aromatic rings. The van der Waals surface area contributed by atoms with Crippen molar-refractivity contribution >= 4 is 0 Å². The summed E-state index contributed by atoms with van der Waals surface area (Å²) in [7, 11) is 7.00. The molecule has 0 rings (SSSR count). The molecule has 0 amide bonds. The van der Waals surface area contributed by atoms with E-state index in [1.807, 2.05) is 0 Å². The van der Waals surface area contributed by atoms with Crippen molar-refractivity contribution in [3.8, 4) is 0 Å². The first-order valence-corrected chi connectivity index (χ1v) is 7.44. The molecule has 21 heavy (non-hydrogen) atoms. The van der Waals surface area contributed by atoms with E-state index in [1.165, 1.54) is 0 Å². The second-order valence-electron chi connectivity index (χ2n) is 5.57. The molecule has 0 fully saturated rings. The van der Waals surface area contributed by atoms with Gasteiger partial charge in [0, 0.05) is 21.1 Å². The molecule has 0 unspecified atom stereocenters. The van der Waals surface area contributed by atoms with E-state index in [-0.39, 0.29) is 21.1 Å². The van der Waals surface area contributed by atoms with Crippen LogP contribution in [0.15, 0.2) is 0 Å². The van der Waals surface area contributed by atoms with Gasteiger partial charge in [0.25, 0.3) is 0 Å². The SMILES string of the molecule is CC(C)[N-]C(C)C.CC(C)[N-]C(C)C.C[N-]C.C[N-]C.[W]. The van der Waals surface area contributed by atoms with Crippen molar-refractivity contribution in [2.75, 3.05) is 28.2 Å². The molecule has 0 spiro atoms. The third-order valence-electron chi connectivity index (χ3n) is 1.19. The molecule has 5 heteroatoms. The molecule has 0 aliphatic heterocycles. The standard InChI is InChI=1S/2C6H14N.2C2H6N.W/c2*1-5(2)7-6(3)4;2*1-3-2;/h2*5-6H,1-4H3;2*1-2H3;/q4*-1;. The zero-order valence-corrected chi connectivity index (χ0v) is 19.4. The Balaban J connectivity index is -0.0000000576. The first-order valence-electron chi connectivity index (χ1n) is 7.44. The van der Waals surface area contributed by atoms with Crippen molar-refractivity contribution < 1.29 is 21.1 Å². The van der Waals surface area contributed by atoms with Crippen LogP contribution in [0, 0.1) is 0 Å². The maximum Gasteiger partial charge on any atom is 0 e. The zero-order chi connectivity index (χ0) is 17.1. The molecule has 0 radical (unpaired) electrons. The molecule has 134 valence electrons. The minimum atomic E-state index is 0. The predicted molar refractivity (Wildman–Crippen MR) is 97.7 cm³/mol. The Kier molecular flexibility index (Phi) is 45.3. The molecule has 0 saturated heterocycles. The number of rotatable bonds is 4. The van der Waals surface area contributed by atoms with Crippen LogP contribution in [0.25, 0.3) is 21.3 Å². The van der Waals surface area contributed by atoms with E-state index in [4.69, 9.17) is 0 Å².